The number of hydrogen-bond acceptors (Lipinski definition) is 5. The molecule has 0 spiro atoms. The van der Waals surface area contributed by atoms with Crippen molar-refractivity contribution in [3.8, 4) is 23.3 Å². The third-order valence-corrected chi connectivity index (χ3v) is 3.70. The van der Waals surface area contributed by atoms with Crippen molar-refractivity contribution < 1.29 is 14.2 Å². The molecule has 126 valence electrons. The minimum atomic E-state index is 0.399. The number of rotatable bonds is 6. The maximum Gasteiger partial charge on any atom is 0.130 e. The van der Waals surface area contributed by atoms with Crippen LogP contribution in [0.3, 0.4) is 0 Å². The van der Waals surface area contributed by atoms with Crippen molar-refractivity contribution >= 4 is 10.9 Å². The molecule has 1 heterocycles. The molecule has 0 amide bonds. The van der Waals surface area contributed by atoms with Gasteiger partial charge in [-0.15, -0.1) is 0 Å². The Morgan fingerprint density at radius 1 is 0.960 bits per heavy atom. The van der Waals surface area contributed by atoms with Crippen LogP contribution in [0.4, 0.5) is 0 Å². The summed E-state index contributed by atoms with van der Waals surface area (Å²) in [5.41, 5.74) is 2.36. The van der Waals surface area contributed by atoms with Crippen molar-refractivity contribution in [3.05, 3.63) is 59.8 Å². The molecule has 0 aliphatic carbocycles. The van der Waals surface area contributed by atoms with E-state index in [0.29, 0.717) is 24.5 Å². The Morgan fingerprint density at radius 3 is 2.40 bits per heavy atom. The summed E-state index contributed by atoms with van der Waals surface area (Å²) in [7, 11) is 1.63. The normalized spacial score (nSPS) is 10.3. The van der Waals surface area contributed by atoms with Gasteiger partial charge >= 0.3 is 0 Å². The largest absolute Gasteiger partial charge is 0.497 e. The number of fused-ring (bicyclic) bond motifs is 1. The molecule has 5 heteroatoms. The van der Waals surface area contributed by atoms with E-state index in [1.54, 1.807) is 31.4 Å². The molecule has 0 saturated carbocycles. The van der Waals surface area contributed by atoms with Gasteiger partial charge in [0.05, 0.1) is 24.3 Å². The second-order valence-corrected chi connectivity index (χ2v) is 5.48. The fourth-order valence-electron chi connectivity index (χ4n) is 2.48. The minimum absolute atomic E-state index is 0.399. The number of nitrogens with zero attached hydrogens (tertiary/aromatic N) is 2. The molecule has 0 radical (unpaired) electrons. The van der Waals surface area contributed by atoms with Crippen molar-refractivity contribution in [2.24, 2.45) is 0 Å². The summed E-state index contributed by atoms with van der Waals surface area (Å²) < 4.78 is 16.8. The highest BCUT2D eigenvalue weighted by atomic mass is 16.5. The number of benzene rings is 2. The predicted octanol–water partition coefficient (Wildman–Crippen LogP) is 3.88. The summed E-state index contributed by atoms with van der Waals surface area (Å²) in [5.74, 6) is 2.22. The van der Waals surface area contributed by atoms with E-state index in [1.165, 1.54) is 0 Å². The molecule has 3 rings (SSSR count). The second kappa shape index (κ2) is 7.54. The average Bonchev–Trinajstić information content (AvgIpc) is 2.65. The number of hydrogen-bond donors (Lipinski definition) is 0. The molecule has 0 unspecified atom stereocenters. The van der Waals surface area contributed by atoms with Crippen molar-refractivity contribution in [2.75, 3.05) is 20.3 Å². The van der Waals surface area contributed by atoms with Crippen LogP contribution in [0.1, 0.15) is 11.3 Å². The van der Waals surface area contributed by atoms with Gasteiger partial charge in [-0.25, -0.2) is 0 Å². The van der Waals surface area contributed by atoms with Gasteiger partial charge in [0.1, 0.15) is 30.5 Å². The Hall–Kier alpha value is -3.26. The first-order valence-electron chi connectivity index (χ1n) is 7.91. The lowest BCUT2D eigenvalue weighted by Crippen LogP contribution is -2.09. The Kier molecular flexibility index (Phi) is 5.00. The molecule has 0 bridgehead atoms. The zero-order valence-electron chi connectivity index (χ0n) is 14.2. The Labute approximate surface area is 146 Å². The van der Waals surface area contributed by atoms with Gasteiger partial charge in [-0.1, -0.05) is 0 Å². The van der Waals surface area contributed by atoms with Crippen molar-refractivity contribution in [1.29, 1.82) is 5.26 Å². The molecule has 2 aromatic carbocycles. The monoisotopic (exact) mass is 334 g/mol. The van der Waals surface area contributed by atoms with E-state index in [2.05, 4.69) is 11.1 Å². The van der Waals surface area contributed by atoms with E-state index in [-0.39, 0.29) is 0 Å². The Morgan fingerprint density at radius 2 is 1.68 bits per heavy atom. The molecule has 0 aliphatic heterocycles. The highest BCUT2D eigenvalue weighted by molar-refractivity contribution is 5.86. The van der Waals surface area contributed by atoms with Crippen LogP contribution in [0.25, 0.3) is 10.9 Å². The number of methoxy groups -OCH3 is 1. The van der Waals surface area contributed by atoms with E-state index in [9.17, 15) is 0 Å². The second-order valence-electron chi connectivity index (χ2n) is 5.48. The summed E-state index contributed by atoms with van der Waals surface area (Å²) >= 11 is 0. The summed E-state index contributed by atoms with van der Waals surface area (Å²) in [6.07, 6.45) is 0. The van der Waals surface area contributed by atoms with Crippen LogP contribution >= 0.6 is 0 Å². The molecule has 0 fully saturated rings. The van der Waals surface area contributed by atoms with E-state index in [4.69, 9.17) is 19.5 Å². The highest BCUT2D eigenvalue weighted by Gasteiger charge is 2.07. The first kappa shape index (κ1) is 16.6. The minimum Gasteiger partial charge on any atom is -0.497 e. The van der Waals surface area contributed by atoms with Gasteiger partial charge in [-0.3, -0.25) is 4.98 Å². The Balaban J connectivity index is 1.67. The average molecular weight is 334 g/mol. The smallest absolute Gasteiger partial charge is 0.130 e. The lowest BCUT2D eigenvalue weighted by Gasteiger charge is -2.12. The van der Waals surface area contributed by atoms with Crippen LogP contribution in [0, 0.1) is 18.3 Å². The fourth-order valence-corrected chi connectivity index (χ4v) is 2.48. The number of aromatic nitrogens is 1. The van der Waals surface area contributed by atoms with Gasteiger partial charge in [-0.05, 0) is 49.4 Å². The molecular formula is C20H18N2O3. The molecule has 0 saturated heterocycles. The van der Waals surface area contributed by atoms with E-state index in [1.807, 2.05) is 31.2 Å². The van der Waals surface area contributed by atoms with E-state index in [0.717, 1.165) is 28.1 Å². The highest BCUT2D eigenvalue weighted by Crippen LogP contribution is 2.29. The predicted molar refractivity (Wildman–Crippen MR) is 95.2 cm³/mol. The summed E-state index contributed by atoms with van der Waals surface area (Å²) in [5, 5.41) is 9.70. The lowest BCUT2D eigenvalue weighted by molar-refractivity contribution is 0.218. The van der Waals surface area contributed by atoms with Gasteiger partial charge in [0.25, 0.3) is 0 Å². The topological polar surface area (TPSA) is 64.4 Å². The van der Waals surface area contributed by atoms with E-state index >= 15 is 0 Å². The van der Waals surface area contributed by atoms with Gasteiger partial charge < -0.3 is 14.2 Å². The molecule has 5 nitrogen and oxygen atoms in total. The summed E-state index contributed by atoms with van der Waals surface area (Å²) in [6.45, 7) is 2.73. The van der Waals surface area contributed by atoms with Gasteiger partial charge in [0, 0.05) is 17.1 Å². The van der Waals surface area contributed by atoms with Gasteiger partial charge in [-0.2, -0.15) is 5.26 Å². The van der Waals surface area contributed by atoms with Gasteiger partial charge in [0.15, 0.2) is 0 Å². The summed E-state index contributed by atoms with van der Waals surface area (Å²) in [6, 6.07) is 16.7. The van der Waals surface area contributed by atoms with Crippen LogP contribution in [-0.2, 0) is 0 Å². The molecule has 0 aliphatic rings. The standard InChI is InChI=1S/C20H18N2O3/c1-14-11-20(18-12-17(23-2)7-8-19(18)22-14)25-10-9-24-16-5-3-15(13-21)4-6-16/h3-8,11-12H,9-10H2,1-2H3. The zero-order chi connectivity index (χ0) is 17.6. The maximum absolute atomic E-state index is 8.79. The van der Waals surface area contributed by atoms with Crippen LogP contribution in [0.2, 0.25) is 0 Å². The number of aryl methyl sites for hydroxylation is 1. The molecule has 25 heavy (non-hydrogen) atoms. The molecule has 1 aromatic heterocycles. The Bertz CT molecular complexity index is 915. The number of pyridine rings is 1. The van der Waals surface area contributed by atoms with Crippen molar-refractivity contribution in [3.63, 3.8) is 0 Å². The molecule has 3 aromatic rings. The lowest BCUT2D eigenvalue weighted by atomic mass is 10.1. The first-order chi connectivity index (χ1) is 12.2. The van der Waals surface area contributed by atoms with Crippen LogP contribution < -0.4 is 14.2 Å². The molecule has 0 atom stereocenters. The van der Waals surface area contributed by atoms with Crippen LogP contribution in [0.15, 0.2) is 48.5 Å². The van der Waals surface area contributed by atoms with Gasteiger partial charge in [0.2, 0.25) is 0 Å². The fraction of sp³-hybridized carbons (Fsp3) is 0.200. The number of ether oxygens (including phenoxy) is 3. The SMILES string of the molecule is COc1ccc2nc(C)cc(OCCOc3ccc(C#N)cc3)c2c1. The third kappa shape index (κ3) is 3.99. The summed E-state index contributed by atoms with van der Waals surface area (Å²) in [4.78, 5) is 4.51. The quantitative estimate of drug-likeness (QED) is 0.640. The maximum atomic E-state index is 8.79. The molecular weight excluding hydrogens is 316 g/mol. The molecule has 0 N–H and O–H groups in total. The van der Waals surface area contributed by atoms with Crippen LogP contribution in [-0.4, -0.2) is 25.3 Å². The van der Waals surface area contributed by atoms with Crippen molar-refractivity contribution in [2.45, 2.75) is 6.92 Å². The van der Waals surface area contributed by atoms with Crippen molar-refractivity contribution in [1.82, 2.24) is 4.98 Å². The zero-order valence-corrected chi connectivity index (χ0v) is 14.2. The first-order valence-corrected chi connectivity index (χ1v) is 7.91. The number of nitriles is 1. The van der Waals surface area contributed by atoms with E-state index < -0.39 is 0 Å². The third-order valence-electron chi connectivity index (χ3n) is 3.70. The van der Waals surface area contributed by atoms with Crippen LogP contribution in [0.5, 0.6) is 17.2 Å².